The summed E-state index contributed by atoms with van der Waals surface area (Å²) < 4.78 is 0. The maximum Gasteiger partial charge on any atom is 0.303 e. The highest BCUT2D eigenvalue weighted by atomic mass is 16.4. The molecule has 0 aliphatic rings. The van der Waals surface area contributed by atoms with Crippen LogP contribution in [0.4, 0.5) is 0 Å². The molecule has 0 aliphatic carbocycles. The van der Waals surface area contributed by atoms with E-state index in [1.807, 2.05) is 20.8 Å². The molecule has 0 aromatic rings. The van der Waals surface area contributed by atoms with Crippen molar-refractivity contribution in [3.05, 3.63) is 0 Å². The topological polar surface area (TPSA) is 173 Å². The number of unbranched alkanes of at least 4 members (excludes halogenated alkanes) is 3. The van der Waals surface area contributed by atoms with Gasteiger partial charge in [0.15, 0.2) is 0 Å². The minimum absolute atomic E-state index is 0.316. The van der Waals surface area contributed by atoms with Crippen LogP contribution in [0.3, 0.4) is 0 Å². The molecule has 9 heteroatoms. The molecule has 27 heavy (non-hydrogen) atoms. The molecule has 0 saturated heterocycles. The molecule has 0 radical (unpaired) electrons. The molecule has 6 N–H and O–H groups in total. The van der Waals surface area contributed by atoms with Crippen LogP contribution >= 0.6 is 0 Å². The molecule has 164 valence electrons. The minimum Gasteiger partial charge on any atom is -0.481 e. The summed E-state index contributed by atoms with van der Waals surface area (Å²) in [6.07, 6.45) is 5.29. The number of carboxylic acid groups (broad SMARTS) is 3. The zero-order valence-corrected chi connectivity index (χ0v) is 16.8. The molecule has 9 nitrogen and oxygen atoms in total. The number of hydrogen-bond donors (Lipinski definition) is 6. The van der Waals surface area contributed by atoms with Crippen LogP contribution in [0, 0.1) is 0 Å². The van der Waals surface area contributed by atoms with Crippen LogP contribution in [0.15, 0.2) is 0 Å². The van der Waals surface area contributed by atoms with E-state index in [1.54, 1.807) is 0 Å². The van der Waals surface area contributed by atoms with Crippen molar-refractivity contribution < 1.29 is 45.0 Å². The van der Waals surface area contributed by atoms with E-state index < -0.39 is 24.0 Å². The molecule has 0 rings (SSSR count). The quantitative estimate of drug-likeness (QED) is 0.305. The Labute approximate surface area is 161 Å². The normalized spacial score (nSPS) is 9.00. The summed E-state index contributed by atoms with van der Waals surface area (Å²) in [5, 5.41) is 48.1. The van der Waals surface area contributed by atoms with Crippen LogP contribution in [0.5, 0.6) is 0 Å². The SMILES string of the molecule is CCCCC(=O)O.CCCCC(=O)O.CCCCC(=O)O.OCC(O)CO. The van der Waals surface area contributed by atoms with Gasteiger partial charge in [-0.2, -0.15) is 0 Å². The molecule has 0 aromatic heterocycles. The summed E-state index contributed by atoms with van der Waals surface area (Å²) in [4.78, 5) is 29.3. The van der Waals surface area contributed by atoms with Crippen molar-refractivity contribution in [3.8, 4) is 0 Å². The highest BCUT2D eigenvalue weighted by Crippen LogP contribution is 1.92. The van der Waals surface area contributed by atoms with Crippen LogP contribution in [0.2, 0.25) is 0 Å². The average Bonchev–Trinajstić information content (AvgIpc) is 2.63. The Morgan fingerprint density at radius 2 is 0.852 bits per heavy atom. The Morgan fingerprint density at radius 1 is 0.630 bits per heavy atom. The van der Waals surface area contributed by atoms with Gasteiger partial charge in [-0.3, -0.25) is 14.4 Å². The zero-order valence-electron chi connectivity index (χ0n) is 16.8. The molecule has 0 atom stereocenters. The van der Waals surface area contributed by atoms with Crippen molar-refractivity contribution in [1.82, 2.24) is 0 Å². The van der Waals surface area contributed by atoms with Crippen molar-refractivity contribution in [2.45, 2.75) is 84.7 Å². The summed E-state index contributed by atoms with van der Waals surface area (Å²) in [5.41, 5.74) is 0. The molecule has 0 aliphatic heterocycles. The lowest BCUT2D eigenvalue weighted by Gasteiger charge is -1.96. The van der Waals surface area contributed by atoms with Gasteiger partial charge in [0.25, 0.3) is 0 Å². The predicted octanol–water partition coefficient (Wildman–Crippen LogP) is 2.12. The second kappa shape index (κ2) is 29.1. The summed E-state index contributed by atoms with van der Waals surface area (Å²) in [7, 11) is 0. The Morgan fingerprint density at radius 3 is 0.889 bits per heavy atom. The second-order valence-corrected chi connectivity index (χ2v) is 5.51. The van der Waals surface area contributed by atoms with Crippen molar-refractivity contribution in [2.75, 3.05) is 13.2 Å². The fourth-order valence-corrected chi connectivity index (χ4v) is 1.04. The van der Waals surface area contributed by atoms with E-state index >= 15 is 0 Å². The third-order valence-corrected chi connectivity index (χ3v) is 2.65. The van der Waals surface area contributed by atoms with E-state index in [9.17, 15) is 14.4 Å². The van der Waals surface area contributed by atoms with Gasteiger partial charge in [-0.1, -0.05) is 40.0 Å². The van der Waals surface area contributed by atoms with E-state index in [4.69, 9.17) is 30.6 Å². The van der Waals surface area contributed by atoms with Gasteiger partial charge < -0.3 is 30.6 Å². The molecule has 0 amide bonds. The Hall–Kier alpha value is -1.71. The van der Waals surface area contributed by atoms with E-state index in [0.29, 0.717) is 19.3 Å². The lowest BCUT2D eigenvalue weighted by atomic mass is 10.3. The zero-order chi connectivity index (χ0) is 22.1. The van der Waals surface area contributed by atoms with Gasteiger partial charge in [-0.05, 0) is 19.3 Å². The number of carboxylic acids is 3. The van der Waals surface area contributed by atoms with E-state index in [1.165, 1.54) is 0 Å². The molecule has 0 bridgehead atoms. The lowest BCUT2D eigenvalue weighted by Crippen LogP contribution is -2.15. The Balaban J connectivity index is -0.000000131. The third kappa shape index (κ3) is 59.1. The Kier molecular flexibility index (Phi) is 35.4. The molecule has 0 aromatic carbocycles. The number of carbonyl (C=O) groups is 3. The molecule has 0 spiro atoms. The van der Waals surface area contributed by atoms with Crippen LogP contribution in [0.25, 0.3) is 0 Å². The number of hydrogen-bond acceptors (Lipinski definition) is 6. The molecule has 0 saturated carbocycles. The second-order valence-electron chi connectivity index (χ2n) is 5.51. The maximum atomic E-state index is 9.76. The van der Waals surface area contributed by atoms with Crippen molar-refractivity contribution in [1.29, 1.82) is 0 Å². The number of aliphatic hydroxyl groups is 3. The standard InChI is InChI=1S/3C5H10O2.C3H8O3/c3*1-2-3-4-5(6)7;4-1-3(6)2-5/h3*2-4H2,1H3,(H,6,7);3-6H,1-2H2. The van der Waals surface area contributed by atoms with E-state index in [-0.39, 0.29) is 13.2 Å². The molecular formula is C18H38O9. The maximum absolute atomic E-state index is 9.76. The summed E-state index contributed by atoms with van der Waals surface area (Å²) >= 11 is 0. The molecule has 0 unspecified atom stereocenters. The van der Waals surface area contributed by atoms with Gasteiger partial charge in [0.05, 0.1) is 13.2 Å². The lowest BCUT2D eigenvalue weighted by molar-refractivity contribution is -0.138. The van der Waals surface area contributed by atoms with Gasteiger partial charge >= 0.3 is 17.9 Å². The molecule has 0 heterocycles. The van der Waals surface area contributed by atoms with Crippen molar-refractivity contribution >= 4 is 17.9 Å². The van der Waals surface area contributed by atoms with Gasteiger partial charge in [0.1, 0.15) is 6.10 Å². The molecular weight excluding hydrogens is 360 g/mol. The van der Waals surface area contributed by atoms with Crippen molar-refractivity contribution in [3.63, 3.8) is 0 Å². The van der Waals surface area contributed by atoms with E-state index in [0.717, 1.165) is 38.5 Å². The fraction of sp³-hybridized carbons (Fsp3) is 0.833. The monoisotopic (exact) mass is 398 g/mol. The first-order valence-corrected chi connectivity index (χ1v) is 9.17. The number of aliphatic hydroxyl groups excluding tert-OH is 3. The van der Waals surface area contributed by atoms with Crippen LogP contribution in [-0.4, -0.2) is 67.9 Å². The van der Waals surface area contributed by atoms with Gasteiger partial charge in [-0.15, -0.1) is 0 Å². The van der Waals surface area contributed by atoms with Crippen LogP contribution < -0.4 is 0 Å². The number of rotatable bonds is 11. The third-order valence-electron chi connectivity index (χ3n) is 2.65. The number of aliphatic carboxylic acids is 3. The van der Waals surface area contributed by atoms with Gasteiger partial charge in [-0.25, -0.2) is 0 Å². The smallest absolute Gasteiger partial charge is 0.303 e. The average molecular weight is 398 g/mol. The molecule has 0 fully saturated rings. The van der Waals surface area contributed by atoms with Crippen molar-refractivity contribution in [2.24, 2.45) is 0 Å². The fourth-order valence-electron chi connectivity index (χ4n) is 1.04. The largest absolute Gasteiger partial charge is 0.481 e. The first-order valence-electron chi connectivity index (χ1n) is 9.17. The highest BCUT2D eigenvalue weighted by molar-refractivity contribution is 5.67. The summed E-state index contributed by atoms with van der Waals surface area (Å²) in [6, 6.07) is 0. The summed E-state index contributed by atoms with van der Waals surface area (Å²) in [6.45, 7) is 5.20. The van der Waals surface area contributed by atoms with Gasteiger partial charge in [0.2, 0.25) is 0 Å². The van der Waals surface area contributed by atoms with E-state index in [2.05, 4.69) is 0 Å². The highest BCUT2D eigenvalue weighted by Gasteiger charge is 1.94. The van der Waals surface area contributed by atoms with Crippen LogP contribution in [-0.2, 0) is 14.4 Å². The summed E-state index contributed by atoms with van der Waals surface area (Å²) in [5.74, 6) is -2.08. The first-order chi connectivity index (χ1) is 12.6. The Bertz CT molecular complexity index is 286. The predicted molar refractivity (Wildman–Crippen MR) is 102 cm³/mol. The van der Waals surface area contributed by atoms with Gasteiger partial charge in [0, 0.05) is 19.3 Å². The first kappa shape index (κ1) is 32.9. The minimum atomic E-state index is -0.954. The van der Waals surface area contributed by atoms with Crippen LogP contribution in [0.1, 0.15) is 78.6 Å².